The van der Waals surface area contributed by atoms with Gasteiger partial charge in [0, 0.05) is 20.0 Å². The number of carbonyl (C=O) groups is 1. The van der Waals surface area contributed by atoms with E-state index in [-0.39, 0.29) is 5.97 Å². The van der Waals surface area contributed by atoms with Gasteiger partial charge < -0.3 is 4.84 Å². The van der Waals surface area contributed by atoms with Gasteiger partial charge in [-0.2, -0.15) is 0 Å². The first kappa shape index (κ1) is 28.4. The molecule has 174 valence electrons. The highest BCUT2D eigenvalue weighted by molar-refractivity contribution is 5.65. The largest absolute Gasteiger partial charge is 0.368 e. The molecule has 0 aromatic rings. The van der Waals surface area contributed by atoms with E-state index in [1.165, 1.54) is 122 Å². The molecule has 0 amide bonds. The van der Waals surface area contributed by atoms with E-state index >= 15 is 0 Å². The number of hydroxylamine groups is 2. The van der Waals surface area contributed by atoms with Crippen molar-refractivity contribution in [3.8, 4) is 0 Å². The molecule has 0 atom stereocenters. The Bertz CT molecular complexity index is 309. The lowest BCUT2D eigenvalue weighted by molar-refractivity contribution is -0.188. The Morgan fingerprint density at radius 1 is 0.517 bits per heavy atom. The summed E-state index contributed by atoms with van der Waals surface area (Å²) in [6.07, 6.45) is 26.8. The molecule has 0 saturated carbocycles. The van der Waals surface area contributed by atoms with E-state index in [0.29, 0.717) is 0 Å². The minimum absolute atomic E-state index is 0.177. The molecule has 0 aliphatic heterocycles. The van der Waals surface area contributed by atoms with E-state index in [2.05, 4.69) is 13.8 Å². The minimum Gasteiger partial charge on any atom is -0.368 e. The molecule has 3 nitrogen and oxygen atoms in total. The predicted molar refractivity (Wildman–Crippen MR) is 127 cm³/mol. The fourth-order valence-corrected chi connectivity index (χ4v) is 3.94. The summed E-state index contributed by atoms with van der Waals surface area (Å²) in [4.78, 5) is 16.8. The van der Waals surface area contributed by atoms with Crippen LogP contribution in [0.4, 0.5) is 0 Å². The number of unbranched alkanes of at least 4 members (excludes halogenated alkanes) is 18. The van der Waals surface area contributed by atoms with Crippen LogP contribution in [0.5, 0.6) is 0 Å². The van der Waals surface area contributed by atoms with Crippen LogP contribution in [-0.2, 0) is 9.63 Å². The SMILES string of the molecule is CCCCCCCCCCCCN(CCCCCCCCCCCC)OC(C)=O. The zero-order valence-electron chi connectivity index (χ0n) is 20.3. The van der Waals surface area contributed by atoms with Crippen LogP contribution in [0.2, 0.25) is 0 Å². The molecule has 0 aromatic heterocycles. The smallest absolute Gasteiger partial charge is 0.322 e. The quantitative estimate of drug-likeness (QED) is 0.124. The summed E-state index contributed by atoms with van der Waals surface area (Å²) in [6.45, 7) is 7.86. The Morgan fingerprint density at radius 3 is 1.07 bits per heavy atom. The second kappa shape index (κ2) is 23.7. The van der Waals surface area contributed by atoms with Crippen molar-refractivity contribution in [1.29, 1.82) is 0 Å². The van der Waals surface area contributed by atoms with Gasteiger partial charge in [-0.3, -0.25) is 4.79 Å². The molecule has 0 fully saturated rings. The van der Waals surface area contributed by atoms with E-state index in [1.807, 2.05) is 5.06 Å². The monoisotopic (exact) mass is 411 g/mol. The number of hydrogen-bond donors (Lipinski definition) is 0. The normalized spacial score (nSPS) is 11.3. The van der Waals surface area contributed by atoms with Crippen molar-refractivity contribution in [2.24, 2.45) is 0 Å². The molecule has 0 rings (SSSR count). The molecular weight excluding hydrogens is 358 g/mol. The molecule has 0 unspecified atom stereocenters. The number of carbonyl (C=O) groups excluding carboxylic acids is 1. The second-order valence-electron chi connectivity index (χ2n) is 8.88. The third-order valence-corrected chi connectivity index (χ3v) is 5.78. The molecular formula is C26H53NO2. The van der Waals surface area contributed by atoms with Gasteiger partial charge in [-0.05, 0) is 12.8 Å². The molecule has 0 N–H and O–H groups in total. The minimum atomic E-state index is -0.177. The number of rotatable bonds is 23. The van der Waals surface area contributed by atoms with Crippen LogP contribution in [0.25, 0.3) is 0 Å². The lowest BCUT2D eigenvalue weighted by atomic mass is 10.1. The van der Waals surface area contributed by atoms with Crippen LogP contribution >= 0.6 is 0 Å². The number of hydrogen-bond acceptors (Lipinski definition) is 3. The van der Waals surface area contributed by atoms with Gasteiger partial charge in [-0.15, -0.1) is 5.06 Å². The van der Waals surface area contributed by atoms with Gasteiger partial charge in [0.1, 0.15) is 0 Å². The van der Waals surface area contributed by atoms with Gasteiger partial charge in [0.2, 0.25) is 0 Å². The molecule has 0 aromatic carbocycles. The maximum absolute atomic E-state index is 11.4. The summed E-state index contributed by atoms with van der Waals surface area (Å²) >= 11 is 0. The Balaban J connectivity index is 3.56. The highest BCUT2D eigenvalue weighted by Crippen LogP contribution is 2.13. The van der Waals surface area contributed by atoms with Crippen molar-refractivity contribution in [3.05, 3.63) is 0 Å². The first-order valence-corrected chi connectivity index (χ1v) is 13.1. The van der Waals surface area contributed by atoms with Crippen LogP contribution < -0.4 is 0 Å². The molecule has 0 aliphatic rings. The summed E-state index contributed by atoms with van der Waals surface area (Å²) in [6, 6.07) is 0. The lowest BCUT2D eigenvalue weighted by Crippen LogP contribution is -2.28. The molecule has 0 aliphatic carbocycles. The van der Waals surface area contributed by atoms with Gasteiger partial charge in [0.05, 0.1) is 0 Å². The average molecular weight is 412 g/mol. The first-order chi connectivity index (χ1) is 14.2. The molecule has 0 heterocycles. The summed E-state index contributed by atoms with van der Waals surface area (Å²) in [5.41, 5.74) is 0. The molecule has 3 heteroatoms. The van der Waals surface area contributed by atoms with Crippen molar-refractivity contribution in [2.45, 2.75) is 149 Å². The molecule has 29 heavy (non-hydrogen) atoms. The Kier molecular flexibility index (Phi) is 23.2. The van der Waals surface area contributed by atoms with Gasteiger partial charge >= 0.3 is 5.97 Å². The highest BCUT2D eigenvalue weighted by Gasteiger charge is 2.08. The maximum atomic E-state index is 11.4. The fourth-order valence-electron chi connectivity index (χ4n) is 3.94. The lowest BCUT2D eigenvalue weighted by Gasteiger charge is -2.20. The van der Waals surface area contributed by atoms with Crippen LogP contribution in [0.1, 0.15) is 149 Å². The molecule has 0 saturated heterocycles. The summed E-state index contributed by atoms with van der Waals surface area (Å²) in [7, 11) is 0. The fraction of sp³-hybridized carbons (Fsp3) is 0.962. The van der Waals surface area contributed by atoms with Gasteiger partial charge in [-0.25, -0.2) is 0 Å². The second-order valence-corrected chi connectivity index (χ2v) is 8.88. The topological polar surface area (TPSA) is 29.5 Å². The average Bonchev–Trinajstić information content (AvgIpc) is 2.70. The summed E-state index contributed by atoms with van der Waals surface area (Å²) < 4.78 is 0. The Morgan fingerprint density at radius 2 is 0.793 bits per heavy atom. The van der Waals surface area contributed by atoms with E-state index < -0.39 is 0 Å². The first-order valence-electron chi connectivity index (χ1n) is 13.1. The van der Waals surface area contributed by atoms with E-state index in [0.717, 1.165) is 25.9 Å². The molecule has 0 bridgehead atoms. The van der Waals surface area contributed by atoms with E-state index in [9.17, 15) is 4.79 Å². The zero-order valence-corrected chi connectivity index (χ0v) is 20.3. The Hall–Kier alpha value is -0.570. The number of nitrogens with zero attached hydrogens (tertiary/aromatic N) is 1. The third kappa shape index (κ3) is 23.6. The molecule has 0 radical (unpaired) electrons. The van der Waals surface area contributed by atoms with E-state index in [4.69, 9.17) is 4.84 Å². The van der Waals surface area contributed by atoms with Gasteiger partial charge in [0.15, 0.2) is 0 Å². The van der Waals surface area contributed by atoms with Crippen LogP contribution in [0.3, 0.4) is 0 Å². The third-order valence-electron chi connectivity index (χ3n) is 5.78. The van der Waals surface area contributed by atoms with E-state index in [1.54, 1.807) is 0 Å². The standard InChI is InChI=1S/C26H53NO2/c1-4-6-8-10-12-14-16-18-20-22-24-27(29-26(3)28)25-23-21-19-17-15-13-11-9-7-5-2/h4-25H2,1-3H3. The summed E-state index contributed by atoms with van der Waals surface area (Å²) in [5.74, 6) is -0.177. The van der Waals surface area contributed by atoms with Crippen molar-refractivity contribution in [3.63, 3.8) is 0 Å². The zero-order chi connectivity index (χ0) is 21.4. The van der Waals surface area contributed by atoms with Crippen molar-refractivity contribution in [1.82, 2.24) is 5.06 Å². The van der Waals surface area contributed by atoms with Crippen molar-refractivity contribution in [2.75, 3.05) is 13.1 Å². The van der Waals surface area contributed by atoms with Gasteiger partial charge in [-0.1, -0.05) is 129 Å². The van der Waals surface area contributed by atoms with Crippen LogP contribution in [0.15, 0.2) is 0 Å². The molecule has 0 spiro atoms. The van der Waals surface area contributed by atoms with Crippen molar-refractivity contribution < 1.29 is 9.63 Å². The van der Waals surface area contributed by atoms with Crippen LogP contribution in [-0.4, -0.2) is 24.1 Å². The van der Waals surface area contributed by atoms with Crippen molar-refractivity contribution >= 4 is 5.97 Å². The highest BCUT2D eigenvalue weighted by atomic mass is 16.7. The predicted octanol–water partition coefficient (Wildman–Crippen LogP) is 8.61. The maximum Gasteiger partial charge on any atom is 0.322 e. The summed E-state index contributed by atoms with van der Waals surface area (Å²) in [5, 5.41) is 1.91. The van der Waals surface area contributed by atoms with Crippen LogP contribution in [0, 0.1) is 0 Å². The Labute approximate surface area is 183 Å². The van der Waals surface area contributed by atoms with Gasteiger partial charge in [0.25, 0.3) is 0 Å².